The lowest BCUT2D eigenvalue weighted by molar-refractivity contribution is -0.130. The summed E-state index contributed by atoms with van der Waals surface area (Å²) in [5.41, 5.74) is 1.85. The average Bonchev–Trinajstić information content (AvgIpc) is 3.14. The summed E-state index contributed by atoms with van der Waals surface area (Å²) in [4.78, 5) is 26.8. The Bertz CT molecular complexity index is 840. The molecule has 2 atom stereocenters. The van der Waals surface area contributed by atoms with Crippen molar-refractivity contribution in [3.05, 3.63) is 35.6 Å². The van der Waals surface area contributed by atoms with E-state index in [9.17, 15) is 9.59 Å². The van der Waals surface area contributed by atoms with Gasteiger partial charge in [-0.1, -0.05) is 32.0 Å². The van der Waals surface area contributed by atoms with Gasteiger partial charge in [0.1, 0.15) is 17.4 Å². The van der Waals surface area contributed by atoms with Gasteiger partial charge in [-0.3, -0.25) is 4.79 Å². The number of nitrogens with one attached hydrogen (secondary N) is 2. The first-order valence-corrected chi connectivity index (χ1v) is 9.65. The summed E-state index contributed by atoms with van der Waals surface area (Å²) in [7, 11) is 0. The van der Waals surface area contributed by atoms with E-state index in [0.717, 1.165) is 22.3 Å². The van der Waals surface area contributed by atoms with Crippen molar-refractivity contribution < 1.29 is 14.0 Å². The molecule has 3 amide bonds. The third-order valence-electron chi connectivity index (χ3n) is 5.28. The highest BCUT2D eigenvalue weighted by Gasteiger charge is 2.34. The number of likely N-dealkylation sites (tertiary alicyclic amines) is 1. The van der Waals surface area contributed by atoms with Crippen molar-refractivity contribution in [3.63, 3.8) is 0 Å². The molecule has 2 N–H and O–H groups in total. The standard InChI is InChI=1S/C21H29N3O3/c1-12(2)18(19-14(5)15-8-6-7-9-17(15)27-19)23-21(26)22-16-10-11-24(13(3)4)20(16)25/h6-9,12-13,16,18H,10-11H2,1-5H3,(H2,22,23,26). The molecule has 27 heavy (non-hydrogen) atoms. The first kappa shape index (κ1) is 19.3. The van der Waals surface area contributed by atoms with Crippen molar-refractivity contribution >= 4 is 22.9 Å². The highest BCUT2D eigenvalue weighted by molar-refractivity contribution is 5.89. The van der Waals surface area contributed by atoms with Gasteiger partial charge in [-0.2, -0.15) is 0 Å². The Kier molecular flexibility index (Phi) is 5.44. The molecule has 2 aromatic rings. The van der Waals surface area contributed by atoms with E-state index in [1.807, 2.05) is 58.9 Å². The summed E-state index contributed by atoms with van der Waals surface area (Å²) in [5.74, 6) is 0.894. The van der Waals surface area contributed by atoms with Gasteiger partial charge in [0.2, 0.25) is 5.91 Å². The molecule has 0 aliphatic carbocycles. The van der Waals surface area contributed by atoms with Crippen LogP contribution >= 0.6 is 0 Å². The highest BCUT2D eigenvalue weighted by atomic mass is 16.3. The van der Waals surface area contributed by atoms with Crippen LogP contribution in [0.15, 0.2) is 28.7 Å². The van der Waals surface area contributed by atoms with Gasteiger partial charge < -0.3 is 20.0 Å². The van der Waals surface area contributed by atoms with Crippen LogP contribution in [-0.2, 0) is 4.79 Å². The number of carbonyl (C=O) groups is 2. The second kappa shape index (κ2) is 7.62. The fourth-order valence-electron chi connectivity index (χ4n) is 3.71. The number of fused-ring (bicyclic) bond motifs is 1. The van der Waals surface area contributed by atoms with Crippen LogP contribution in [0.3, 0.4) is 0 Å². The van der Waals surface area contributed by atoms with Crippen molar-refractivity contribution in [1.82, 2.24) is 15.5 Å². The molecule has 1 fully saturated rings. The van der Waals surface area contributed by atoms with Crippen LogP contribution in [0.1, 0.15) is 51.5 Å². The molecule has 0 radical (unpaired) electrons. The van der Waals surface area contributed by atoms with Gasteiger partial charge in [0.25, 0.3) is 0 Å². The molecule has 6 nitrogen and oxygen atoms in total. The van der Waals surface area contributed by atoms with E-state index in [-0.39, 0.29) is 29.9 Å². The number of hydrogen-bond donors (Lipinski definition) is 2. The Hall–Kier alpha value is -2.50. The largest absolute Gasteiger partial charge is 0.459 e. The summed E-state index contributed by atoms with van der Waals surface area (Å²) >= 11 is 0. The predicted octanol–water partition coefficient (Wildman–Crippen LogP) is 3.75. The maximum atomic E-state index is 12.6. The molecule has 0 saturated carbocycles. The summed E-state index contributed by atoms with van der Waals surface area (Å²) in [6.45, 7) is 10.7. The number of benzene rings is 1. The Balaban J connectivity index is 1.74. The van der Waals surface area contributed by atoms with Crippen molar-refractivity contribution in [1.29, 1.82) is 0 Å². The Morgan fingerprint density at radius 3 is 2.52 bits per heavy atom. The second-order valence-electron chi connectivity index (χ2n) is 7.89. The third kappa shape index (κ3) is 3.80. The normalized spacial score (nSPS) is 18.6. The van der Waals surface area contributed by atoms with E-state index >= 15 is 0 Å². The van der Waals surface area contributed by atoms with Gasteiger partial charge in [-0.15, -0.1) is 0 Å². The molecule has 0 spiro atoms. The first-order chi connectivity index (χ1) is 12.8. The third-order valence-corrected chi connectivity index (χ3v) is 5.28. The molecule has 1 aliphatic rings. The Labute approximate surface area is 160 Å². The van der Waals surface area contributed by atoms with Crippen LogP contribution < -0.4 is 10.6 Å². The zero-order chi connectivity index (χ0) is 19.7. The first-order valence-electron chi connectivity index (χ1n) is 9.65. The van der Waals surface area contributed by atoms with E-state index in [1.165, 1.54) is 0 Å². The molecule has 1 aromatic carbocycles. The number of amides is 3. The van der Waals surface area contributed by atoms with E-state index in [0.29, 0.717) is 13.0 Å². The zero-order valence-electron chi connectivity index (χ0n) is 16.7. The fraction of sp³-hybridized carbons (Fsp3) is 0.524. The van der Waals surface area contributed by atoms with Gasteiger partial charge in [0, 0.05) is 23.5 Å². The molecule has 3 rings (SSSR count). The van der Waals surface area contributed by atoms with Crippen molar-refractivity contribution in [2.24, 2.45) is 5.92 Å². The summed E-state index contributed by atoms with van der Waals surface area (Å²) in [5, 5.41) is 6.90. The van der Waals surface area contributed by atoms with E-state index in [2.05, 4.69) is 10.6 Å². The van der Waals surface area contributed by atoms with Crippen LogP contribution in [0.4, 0.5) is 4.79 Å². The van der Waals surface area contributed by atoms with Crippen molar-refractivity contribution in [2.45, 2.75) is 59.2 Å². The molecular weight excluding hydrogens is 342 g/mol. The molecule has 1 aliphatic heterocycles. The second-order valence-corrected chi connectivity index (χ2v) is 7.89. The van der Waals surface area contributed by atoms with E-state index in [1.54, 1.807) is 4.90 Å². The van der Waals surface area contributed by atoms with Gasteiger partial charge >= 0.3 is 6.03 Å². The molecule has 2 unspecified atom stereocenters. The van der Waals surface area contributed by atoms with Gasteiger partial charge in [0.15, 0.2) is 0 Å². The van der Waals surface area contributed by atoms with Crippen LogP contribution in [0.2, 0.25) is 0 Å². The van der Waals surface area contributed by atoms with E-state index in [4.69, 9.17) is 4.42 Å². The number of rotatable bonds is 5. The quantitative estimate of drug-likeness (QED) is 0.841. The summed E-state index contributed by atoms with van der Waals surface area (Å²) in [6, 6.07) is 6.95. The van der Waals surface area contributed by atoms with Crippen LogP contribution in [-0.4, -0.2) is 35.5 Å². The smallest absolute Gasteiger partial charge is 0.316 e. The molecular formula is C21H29N3O3. The molecule has 6 heteroatoms. The topological polar surface area (TPSA) is 74.6 Å². The zero-order valence-corrected chi connectivity index (χ0v) is 16.7. The minimum atomic E-state index is -0.461. The molecule has 0 bridgehead atoms. The van der Waals surface area contributed by atoms with Crippen LogP contribution in [0.25, 0.3) is 11.0 Å². The number of para-hydroxylation sites is 1. The number of hydrogen-bond acceptors (Lipinski definition) is 3. The molecule has 2 heterocycles. The highest BCUT2D eigenvalue weighted by Crippen LogP contribution is 2.32. The summed E-state index contributed by atoms with van der Waals surface area (Å²) in [6.07, 6.45) is 0.639. The van der Waals surface area contributed by atoms with E-state index < -0.39 is 6.04 Å². The minimum absolute atomic E-state index is 0.0128. The predicted molar refractivity (Wildman–Crippen MR) is 105 cm³/mol. The van der Waals surface area contributed by atoms with Crippen LogP contribution in [0, 0.1) is 12.8 Å². The van der Waals surface area contributed by atoms with Gasteiger partial charge in [-0.25, -0.2) is 4.79 Å². The number of nitrogens with zero attached hydrogens (tertiary/aromatic N) is 1. The Morgan fingerprint density at radius 1 is 1.22 bits per heavy atom. The lowest BCUT2D eigenvalue weighted by Crippen LogP contribution is -2.48. The van der Waals surface area contributed by atoms with Crippen molar-refractivity contribution in [2.75, 3.05) is 6.54 Å². The maximum absolute atomic E-state index is 12.6. The number of urea groups is 1. The maximum Gasteiger partial charge on any atom is 0.316 e. The number of aryl methyl sites for hydroxylation is 1. The number of carbonyl (C=O) groups excluding carboxylic acids is 2. The number of furan rings is 1. The molecule has 1 saturated heterocycles. The fourth-order valence-corrected chi connectivity index (χ4v) is 3.71. The minimum Gasteiger partial charge on any atom is -0.459 e. The average molecular weight is 371 g/mol. The van der Waals surface area contributed by atoms with Crippen molar-refractivity contribution in [3.8, 4) is 0 Å². The monoisotopic (exact) mass is 371 g/mol. The molecule has 1 aromatic heterocycles. The summed E-state index contributed by atoms with van der Waals surface area (Å²) < 4.78 is 6.05. The lowest BCUT2D eigenvalue weighted by atomic mass is 9.98. The van der Waals surface area contributed by atoms with Crippen LogP contribution in [0.5, 0.6) is 0 Å². The van der Waals surface area contributed by atoms with Gasteiger partial charge in [-0.05, 0) is 39.2 Å². The lowest BCUT2D eigenvalue weighted by Gasteiger charge is -2.23. The van der Waals surface area contributed by atoms with Gasteiger partial charge in [0.05, 0.1) is 6.04 Å². The Morgan fingerprint density at radius 2 is 1.93 bits per heavy atom. The molecule has 146 valence electrons. The SMILES string of the molecule is Cc1c(C(NC(=O)NC2CCN(C(C)C)C2=O)C(C)C)oc2ccccc12.